The fourth-order valence-corrected chi connectivity index (χ4v) is 6.30. The average molecular weight is 637 g/mol. The van der Waals surface area contributed by atoms with Crippen molar-refractivity contribution in [1.29, 1.82) is 0 Å². The Hall–Kier alpha value is -4.32. The number of aliphatic imine (C=N–C) groups is 1. The van der Waals surface area contributed by atoms with Gasteiger partial charge in [-0.2, -0.15) is 4.99 Å². The molecule has 2 unspecified atom stereocenters. The van der Waals surface area contributed by atoms with Crippen molar-refractivity contribution in [3.8, 4) is 22.8 Å². The molecule has 5 rings (SSSR count). The van der Waals surface area contributed by atoms with Crippen LogP contribution in [0.2, 0.25) is 0 Å². The monoisotopic (exact) mass is 636 g/mol. The zero-order chi connectivity index (χ0) is 32.3. The number of nitrogens with one attached hydrogen (secondary N) is 1. The summed E-state index contributed by atoms with van der Waals surface area (Å²) >= 11 is 1.59. The first-order valence-electron chi connectivity index (χ1n) is 14.7. The Bertz CT molecular complexity index is 1670. The fraction of sp³-hybridized carbons (Fsp3) is 0.333. The summed E-state index contributed by atoms with van der Waals surface area (Å²) in [6, 6.07) is 18.9. The summed E-state index contributed by atoms with van der Waals surface area (Å²) in [5.74, 6) is 1.38. The predicted octanol–water partition coefficient (Wildman–Crippen LogP) is 8.08. The third-order valence-corrected chi connectivity index (χ3v) is 8.72. The highest BCUT2D eigenvalue weighted by Crippen LogP contribution is 2.35. The van der Waals surface area contributed by atoms with Crippen molar-refractivity contribution in [1.82, 2.24) is 20.1 Å². The number of aryl methyl sites for hydroxylation is 1. The number of carbonyl (C=O) groups is 1. The second-order valence-electron chi connectivity index (χ2n) is 11.3. The summed E-state index contributed by atoms with van der Waals surface area (Å²) in [6.45, 7) is 11.3. The Morgan fingerprint density at radius 3 is 2.40 bits per heavy atom. The number of anilines is 1. The Morgan fingerprint density at radius 2 is 1.73 bits per heavy atom. The van der Waals surface area contributed by atoms with Crippen molar-refractivity contribution in [2.75, 3.05) is 17.2 Å². The summed E-state index contributed by atoms with van der Waals surface area (Å²) in [4.78, 5) is 24.0. The number of alkyl halides is 3. The maximum Gasteiger partial charge on any atom is 0.573 e. The highest BCUT2D eigenvalue weighted by molar-refractivity contribution is 8.14. The number of amidine groups is 1. The smallest absolute Gasteiger partial charge is 0.406 e. The molecule has 236 valence electrons. The van der Waals surface area contributed by atoms with Crippen LogP contribution in [0, 0.1) is 6.92 Å². The molecule has 2 amide bonds. The van der Waals surface area contributed by atoms with Crippen LogP contribution in [0.3, 0.4) is 0 Å². The number of hydrogen-bond donors (Lipinski definition) is 1. The van der Waals surface area contributed by atoms with Gasteiger partial charge in [0.15, 0.2) is 11.0 Å². The van der Waals surface area contributed by atoms with Crippen LogP contribution in [0.5, 0.6) is 5.75 Å². The van der Waals surface area contributed by atoms with E-state index in [0.29, 0.717) is 22.6 Å². The van der Waals surface area contributed by atoms with Gasteiger partial charge >= 0.3 is 12.4 Å². The van der Waals surface area contributed by atoms with Gasteiger partial charge in [-0.3, -0.25) is 0 Å². The van der Waals surface area contributed by atoms with E-state index in [1.54, 1.807) is 11.8 Å². The minimum absolute atomic E-state index is 0.00259. The van der Waals surface area contributed by atoms with Gasteiger partial charge in [0.25, 0.3) is 0 Å². The molecule has 8 nitrogen and oxygen atoms in total. The first-order chi connectivity index (χ1) is 21.4. The quantitative estimate of drug-likeness (QED) is 0.211. The van der Waals surface area contributed by atoms with Crippen LogP contribution in [0.1, 0.15) is 56.2 Å². The average Bonchev–Trinajstić information content (AvgIpc) is 3.66. The SMILES string of the molecule is Cc1cccc(N2CCS/C2=N\C(=O)NC(C)C(C)c2ccc(-c3ncn(-c4ccc(OC(F)(F)F)cc4)n3)cc2)c1C(C)C. The maximum atomic E-state index is 13.0. The van der Waals surface area contributed by atoms with Crippen LogP contribution in [-0.2, 0) is 0 Å². The van der Waals surface area contributed by atoms with Crippen molar-refractivity contribution in [2.45, 2.75) is 58.9 Å². The van der Waals surface area contributed by atoms with Crippen molar-refractivity contribution in [2.24, 2.45) is 4.99 Å². The lowest BCUT2D eigenvalue weighted by atomic mass is 9.93. The number of amides is 2. The molecular formula is C33H35F3N6O2S. The Kier molecular flexibility index (Phi) is 9.52. The van der Waals surface area contributed by atoms with E-state index in [2.05, 4.69) is 62.9 Å². The highest BCUT2D eigenvalue weighted by atomic mass is 32.2. The molecular weight excluding hydrogens is 601 g/mol. The molecule has 0 aliphatic carbocycles. The van der Waals surface area contributed by atoms with Gasteiger partial charge in [0.1, 0.15) is 12.1 Å². The molecule has 1 N–H and O–H groups in total. The first kappa shape index (κ1) is 32.1. The van der Waals surface area contributed by atoms with Crippen molar-refractivity contribution in [3.05, 3.63) is 89.7 Å². The zero-order valence-electron chi connectivity index (χ0n) is 25.7. The summed E-state index contributed by atoms with van der Waals surface area (Å²) in [5.41, 5.74) is 5.95. The predicted molar refractivity (Wildman–Crippen MR) is 172 cm³/mol. The number of thioether (sulfide) groups is 1. The van der Waals surface area contributed by atoms with Crippen molar-refractivity contribution >= 4 is 28.6 Å². The topological polar surface area (TPSA) is 84.6 Å². The van der Waals surface area contributed by atoms with Gasteiger partial charge < -0.3 is 15.0 Å². The van der Waals surface area contributed by atoms with E-state index < -0.39 is 6.36 Å². The summed E-state index contributed by atoms with van der Waals surface area (Å²) in [6.07, 6.45) is -3.25. The second-order valence-corrected chi connectivity index (χ2v) is 12.3. The lowest BCUT2D eigenvalue weighted by molar-refractivity contribution is -0.274. The molecule has 2 atom stereocenters. The molecule has 0 bridgehead atoms. The molecule has 0 spiro atoms. The Labute approximate surface area is 264 Å². The number of aromatic nitrogens is 3. The number of ether oxygens (including phenoxy) is 1. The standard InChI is InChI=1S/C33H35F3N6O2S/c1-20(2)29-21(3)7-6-8-28(29)41-17-18-45-32(41)39-31(43)38-23(5)22(4)24-9-11-25(12-10-24)30-37-19-42(40-30)26-13-15-27(16-14-26)44-33(34,35)36/h6-16,19-20,22-23H,17-18H2,1-5H3,(H,38,43)/b39-32-. The van der Waals surface area contributed by atoms with E-state index in [1.165, 1.54) is 46.4 Å². The molecule has 1 aliphatic heterocycles. The van der Waals surface area contributed by atoms with Gasteiger partial charge in [0.05, 0.1) is 5.69 Å². The van der Waals surface area contributed by atoms with Crippen LogP contribution in [0.25, 0.3) is 17.1 Å². The number of halogens is 3. The van der Waals surface area contributed by atoms with Crippen LogP contribution in [-0.4, -0.2) is 50.7 Å². The first-order valence-corrected chi connectivity index (χ1v) is 15.7. The van der Waals surface area contributed by atoms with E-state index >= 15 is 0 Å². The lowest BCUT2D eigenvalue weighted by Gasteiger charge is -2.25. The van der Waals surface area contributed by atoms with Gasteiger partial charge in [0.2, 0.25) is 0 Å². The lowest BCUT2D eigenvalue weighted by Crippen LogP contribution is -2.36. The normalized spacial score (nSPS) is 15.8. The molecule has 0 radical (unpaired) electrons. The largest absolute Gasteiger partial charge is 0.573 e. The summed E-state index contributed by atoms with van der Waals surface area (Å²) < 4.78 is 42.7. The number of benzene rings is 3. The Morgan fingerprint density at radius 1 is 1.02 bits per heavy atom. The van der Waals surface area contributed by atoms with Crippen LogP contribution < -0.4 is 15.0 Å². The molecule has 4 aromatic rings. The molecule has 2 heterocycles. The molecule has 3 aromatic carbocycles. The van der Waals surface area contributed by atoms with E-state index in [1.807, 2.05) is 44.2 Å². The van der Waals surface area contributed by atoms with E-state index in [0.717, 1.165) is 29.1 Å². The van der Waals surface area contributed by atoms with E-state index in [-0.39, 0.29) is 23.7 Å². The van der Waals surface area contributed by atoms with Gasteiger partial charge in [-0.25, -0.2) is 14.5 Å². The van der Waals surface area contributed by atoms with Crippen LogP contribution in [0.15, 0.2) is 78.0 Å². The molecule has 1 saturated heterocycles. The fourth-order valence-electron chi connectivity index (χ4n) is 5.35. The summed E-state index contributed by atoms with van der Waals surface area (Å²) in [7, 11) is 0. The third-order valence-electron chi connectivity index (χ3n) is 7.77. The number of hydrogen-bond acceptors (Lipinski definition) is 5. The molecule has 45 heavy (non-hydrogen) atoms. The van der Waals surface area contributed by atoms with E-state index in [9.17, 15) is 18.0 Å². The minimum Gasteiger partial charge on any atom is -0.406 e. The number of urea groups is 1. The molecule has 1 aliphatic rings. The third kappa shape index (κ3) is 7.67. The van der Waals surface area contributed by atoms with Gasteiger partial charge in [0, 0.05) is 35.5 Å². The number of rotatable bonds is 8. The summed E-state index contributed by atoms with van der Waals surface area (Å²) in [5, 5.41) is 8.22. The maximum absolute atomic E-state index is 13.0. The molecule has 0 saturated carbocycles. The van der Waals surface area contributed by atoms with Crippen LogP contribution >= 0.6 is 11.8 Å². The highest BCUT2D eigenvalue weighted by Gasteiger charge is 2.31. The minimum atomic E-state index is -4.75. The van der Waals surface area contributed by atoms with Gasteiger partial charge in [-0.1, -0.05) is 68.9 Å². The number of carbonyl (C=O) groups excluding carboxylic acids is 1. The molecule has 1 fully saturated rings. The van der Waals surface area contributed by atoms with Crippen molar-refractivity contribution in [3.63, 3.8) is 0 Å². The second kappa shape index (κ2) is 13.4. The Balaban J connectivity index is 1.22. The number of nitrogens with zero attached hydrogens (tertiary/aromatic N) is 5. The van der Waals surface area contributed by atoms with Crippen LogP contribution in [0.4, 0.5) is 23.7 Å². The zero-order valence-corrected chi connectivity index (χ0v) is 26.5. The van der Waals surface area contributed by atoms with Gasteiger partial charge in [-0.05, 0) is 66.8 Å². The van der Waals surface area contributed by atoms with E-state index in [4.69, 9.17) is 0 Å². The van der Waals surface area contributed by atoms with Gasteiger partial charge in [-0.15, -0.1) is 18.3 Å². The van der Waals surface area contributed by atoms with Crippen molar-refractivity contribution < 1.29 is 22.7 Å². The molecule has 12 heteroatoms. The molecule has 1 aromatic heterocycles.